The summed E-state index contributed by atoms with van der Waals surface area (Å²) in [6.07, 6.45) is 0. The summed E-state index contributed by atoms with van der Waals surface area (Å²) in [6.45, 7) is 6.59. The molecule has 0 saturated carbocycles. The topological polar surface area (TPSA) is 76.4 Å². The van der Waals surface area contributed by atoms with Crippen LogP contribution in [0, 0.1) is 18.3 Å². The van der Waals surface area contributed by atoms with Crippen molar-refractivity contribution < 1.29 is 8.42 Å². The van der Waals surface area contributed by atoms with Crippen molar-refractivity contribution in [2.24, 2.45) is 0 Å². The molecule has 3 aromatic carbocycles. The van der Waals surface area contributed by atoms with E-state index < -0.39 is 10.0 Å². The van der Waals surface area contributed by atoms with Crippen molar-refractivity contribution in [2.75, 3.05) is 32.7 Å². The number of sulfonamides is 1. The first-order chi connectivity index (χ1) is 16.4. The Kier molecular flexibility index (Phi) is 7.76. The van der Waals surface area contributed by atoms with Gasteiger partial charge in [0.1, 0.15) is 0 Å². The van der Waals surface area contributed by atoms with Crippen LogP contribution < -0.4 is 4.72 Å². The molecule has 1 aliphatic rings. The molecule has 0 aromatic heterocycles. The van der Waals surface area contributed by atoms with Crippen LogP contribution in [-0.2, 0) is 16.6 Å². The summed E-state index contributed by atoms with van der Waals surface area (Å²) >= 11 is 0. The Hall–Kier alpha value is -3.02. The number of hydrogen-bond donors (Lipinski definition) is 1. The molecule has 1 fully saturated rings. The van der Waals surface area contributed by atoms with Crippen LogP contribution >= 0.6 is 0 Å². The number of nitriles is 1. The van der Waals surface area contributed by atoms with Gasteiger partial charge in [-0.3, -0.25) is 9.80 Å². The normalized spacial score (nSPS) is 16.1. The zero-order valence-corrected chi connectivity index (χ0v) is 20.2. The highest BCUT2D eigenvalue weighted by molar-refractivity contribution is 7.89. The van der Waals surface area contributed by atoms with Crippen molar-refractivity contribution in [3.8, 4) is 6.07 Å². The molecule has 1 heterocycles. The van der Waals surface area contributed by atoms with Crippen molar-refractivity contribution in [1.82, 2.24) is 14.5 Å². The predicted molar refractivity (Wildman–Crippen MR) is 134 cm³/mol. The van der Waals surface area contributed by atoms with Gasteiger partial charge in [-0.05, 0) is 42.3 Å². The van der Waals surface area contributed by atoms with E-state index in [2.05, 4.69) is 32.7 Å². The van der Waals surface area contributed by atoms with Crippen LogP contribution in [0.3, 0.4) is 0 Å². The van der Waals surface area contributed by atoms with Crippen LogP contribution in [0.4, 0.5) is 0 Å². The van der Waals surface area contributed by atoms with Gasteiger partial charge < -0.3 is 0 Å². The van der Waals surface area contributed by atoms with Gasteiger partial charge in [0.15, 0.2) is 0 Å². The quantitative estimate of drug-likeness (QED) is 0.539. The minimum Gasteiger partial charge on any atom is -0.297 e. The molecule has 6 nitrogen and oxygen atoms in total. The van der Waals surface area contributed by atoms with Crippen LogP contribution in [0.2, 0.25) is 0 Å². The molecule has 4 rings (SSSR count). The molecule has 0 aliphatic carbocycles. The molecular weight excluding hydrogens is 444 g/mol. The summed E-state index contributed by atoms with van der Waals surface area (Å²) in [5.74, 6) is 0. The minimum absolute atomic E-state index is 0.0431. The van der Waals surface area contributed by atoms with E-state index in [1.807, 2.05) is 61.5 Å². The monoisotopic (exact) mass is 474 g/mol. The molecule has 0 spiro atoms. The Balaban J connectivity index is 1.41. The Morgan fingerprint density at radius 3 is 2.18 bits per heavy atom. The second-order valence-electron chi connectivity index (χ2n) is 8.71. The maximum Gasteiger partial charge on any atom is 0.240 e. The summed E-state index contributed by atoms with van der Waals surface area (Å²) in [5.41, 5.74) is 4.00. The number of aryl methyl sites for hydroxylation is 1. The Morgan fingerprint density at radius 1 is 0.912 bits per heavy atom. The van der Waals surface area contributed by atoms with Crippen LogP contribution in [0.15, 0.2) is 83.8 Å². The Labute approximate surface area is 202 Å². The molecule has 1 atom stereocenters. The summed E-state index contributed by atoms with van der Waals surface area (Å²) in [6, 6.07) is 26.9. The fraction of sp³-hybridized carbons (Fsp3) is 0.296. The van der Waals surface area contributed by atoms with Crippen LogP contribution in [0.5, 0.6) is 0 Å². The molecular formula is C27H30N4O2S. The average molecular weight is 475 g/mol. The molecule has 7 heteroatoms. The van der Waals surface area contributed by atoms with Gasteiger partial charge in [-0.15, -0.1) is 0 Å². The van der Waals surface area contributed by atoms with Crippen LogP contribution in [0.25, 0.3) is 0 Å². The van der Waals surface area contributed by atoms with Crippen molar-refractivity contribution >= 4 is 10.0 Å². The lowest BCUT2D eigenvalue weighted by Crippen LogP contribution is -2.49. The smallest absolute Gasteiger partial charge is 0.240 e. The van der Waals surface area contributed by atoms with Gasteiger partial charge in [-0.2, -0.15) is 5.26 Å². The molecule has 0 radical (unpaired) electrons. The summed E-state index contributed by atoms with van der Waals surface area (Å²) in [5, 5.41) is 8.99. The van der Waals surface area contributed by atoms with Crippen molar-refractivity contribution in [3.63, 3.8) is 0 Å². The maximum absolute atomic E-state index is 12.9. The lowest BCUT2D eigenvalue weighted by Gasteiger charge is -2.39. The summed E-state index contributed by atoms with van der Waals surface area (Å²) in [7, 11) is -3.59. The second-order valence-corrected chi connectivity index (χ2v) is 10.5. The lowest BCUT2D eigenvalue weighted by molar-refractivity contribution is 0.0928. The van der Waals surface area contributed by atoms with E-state index in [-0.39, 0.29) is 10.9 Å². The van der Waals surface area contributed by atoms with Gasteiger partial charge in [0.05, 0.1) is 16.5 Å². The molecule has 0 bridgehead atoms. The van der Waals surface area contributed by atoms with Crippen molar-refractivity contribution in [2.45, 2.75) is 24.4 Å². The van der Waals surface area contributed by atoms with Gasteiger partial charge in [-0.1, -0.05) is 60.2 Å². The first-order valence-electron chi connectivity index (χ1n) is 11.5. The van der Waals surface area contributed by atoms with Gasteiger partial charge >= 0.3 is 0 Å². The molecule has 3 aromatic rings. The molecule has 1 aliphatic heterocycles. The first kappa shape index (κ1) is 24.1. The fourth-order valence-corrected chi connectivity index (χ4v) is 5.34. The Bertz CT molecular complexity index is 1210. The number of nitrogens with one attached hydrogen (secondary N) is 1. The largest absolute Gasteiger partial charge is 0.297 e. The van der Waals surface area contributed by atoms with E-state index in [9.17, 15) is 8.42 Å². The summed E-state index contributed by atoms with van der Waals surface area (Å²) in [4.78, 5) is 5.05. The minimum atomic E-state index is -3.59. The van der Waals surface area contributed by atoms with E-state index in [1.54, 1.807) is 12.1 Å². The zero-order chi connectivity index (χ0) is 24.0. The van der Waals surface area contributed by atoms with E-state index in [4.69, 9.17) is 5.26 Å². The van der Waals surface area contributed by atoms with Crippen LogP contribution in [-0.4, -0.2) is 50.9 Å². The van der Waals surface area contributed by atoms with Gasteiger partial charge in [0.2, 0.25) is 10.0 Å². The van der Waals surface area contributed by atoms with Gasteiger partial charge in [0.25, 0.3) is 0 Å². The van der Waals surface area contributed by atoms with Crippen LogP contribution in [0.1, 0.15) is 28.3 Å². The number of hydrogen-bond acceptors (Lipinski definition) is 5. The van der Waals surface area contributed by atoms with Crippen molar-refractivity contribution in [3.05, 3.63) is 101 Å². The van der Waals surface area contributed by atoms with Gasteiger partial charge in [-0.25, -0.2) is 13.1 Å². The second kappa shape index (κ2) is 10.9. The average Bonchev–Trinajstić information content (AvgIpc) is 2.86. The molecule has 176 valence electrons. The first-order valence-corrected chi connectivity index (χ1v) is 13.0. The lowest BCUT2D eigenvalue weighted by atomic mass is 10.0. The fourth-order valence-electron chi connectivity index (χ4n) is 4.30. The van der Waals surface area contributed by atoms with E-state index in [0.717, 1.165) is 43.9 Å². The third-order valence-corrected chi connectivity index (χ3v) is 7.76. The molecule has 0 amide bonds. The number of benzene rings is 3. The number of rotatable bonds is 8. The third kappa shape index (κ3) is 6.10. The highest BCUT2D eigenvalue weighted by atomic mass is 32.2. The zero-order valence-electron chi connectivity index (χ0n) is 19.4. The maximum atomic E-state index is 12.9. The van der Waals surface area contributed by atoms with Gasteiger partial charge in [0, 0.05) is 45.3 Å². The number of nitrogens with zero attached hydrogens (tertiary/aromatic N) is 3. The van der Waals surface area contributed by atoms with E-state index in [0.29, 0.717) is 12.1 Å². The predicted octanol–water partition coefficient (Wildman–Crippen LogP) is 3.70. The Morgan fingerprint density at radius 2 is 1.56 bits per heavy atom. The summed E-state index contributed by atoms with van der Waals surface area (Å²) < 4.78 is 28.7. The van der Waals surface area contributed by atoms with Crippen molar-refractivity contribution in [1.29, 1.82) is 5.26 Å². The molecule has 34 heavy (non-hydrogen) atoms. The number of piperazine rings is 1. The van der Waals surface area contributed by atoms with E-state index >= 15 is 0 Å². The highest BCUT2D eigenvalue weighted by Crippen LogP contribution is 2.23. The molecule has 1 N–H and O–H groups in total. The third-order valence-electron chi connectivity index (χ3n) is 6.32. The molecule has 0 unspecified atom stereocenters. The highest BCUT2D eigenvalue weighted by Gasteiger charge is 2.27. The van der Waals surface area contributed by atoms with E-state index in [1.165, 1.54) is 5.56 Å². The molecule has 1 saturated heterocycles. The SMILES string of the molecule is Cc1ccc(S(=O)(=O)NC[C@H](c2ccccc2)N2CCN(Cc3ccc(C#N)cc3)CC2)cc1. The standard InChI is InChI=1S/C27H30N4O2S/c1-22-7-13-26(14-8-22)34(32,33)29-20-27(25-5-3-2-4-6-25)31-17-15-30(16-18-31)21-24-11-9-23(19-28)10-12-24/h2-14,27,29H,15-18,20-21H2,1H3/t27-/m1/s1.